The molecule has 0 aliphatic carbocycles. The van der Waals surface area contributed by atoms with Gasteiger partial charge in [0.1, 0.15) is 0 Å². The summed E-state index contributed by atoms with van der Waals surface area (Å²) >= 11 is 0. The third kappa shape index (κ3) is 2.92. The van der Waals surface area contributed by atoms with Gasteiger partial charge in [-0.3, -0.25) is 4.79 Å². The first-order valence-corrected chi connectivity index (χ1v) is 5.98. The maximum absolute atomic E-state index is 12.1. The molecule has 2 saturated heterocycles. The fourth-order valence-corrected chi connectivity index (χ4v) is 2.25. The lowest BCUT2D eigenvalue weighted by atomic mass is 10.0. The van der Waals surface area contributed by atoms with Crippen LogP contribution in [0.15, 0.2) is 0 Å². The van der Waals surface area contributed by atoms with E-state index in [1.165, 1.54) is 12.8 Å². The highest BCUT2D eigenvalue weighted by Gasteiger charge is 2.25. The Morgan fingerprint density at radius 2 is 2.13 bits per heavy atom. The number of hydrogen-bond acceptors (Lipinski definition) is 3. The Kier molecular flexibility index (Phi) is 3.97. The number of amides is 1. The standard InChI is InChI=1S/C11H20N2O2/c14-11(10-4-1-2-5-12-10)13-6-3-8-15-9-7-13/h10,12H,1-9H2/t10-/m0/s1. The van der Waals surface area contributed by atoms with Crippen LogP contribution in [0.1, 0.15) is 25.7 Å². The van der Waals surface area contributed by atoms with Crippen molar-refractivity contribution in [1.29, 1.82) is 0 Å². The molecule has 0 spiro atoms. The molecule has 0 aromatic carbocycles. The molecule has 0 saturated carbocycles. The molecule has 1 atom stereocenters. The molecule has 0 radical (unpaired) electrons. The molecule has 0 unspecified atom stereocenters. The van der Waals surface area contributed by atoms with E-state index in [0.29, 0.717) is 6.61 Å². The maximum atomic E-state index is 12.1. The van der Waals surface area contributed by atoms with Gasteiger partial charge >= 0.3 is 0 Å². The van der Waals surface area contributed by atoms with Crippen LogP contribution in [0.25, 0.3) is 0 Å². The van der Waals surface area contributed by atoms with Crippen LogP contribution in [-0.2, 0) is 9.53 Å². The van der Waals surface area contributed by atoms with E-state index in [1.54, 1.807) is 0 Å². The van der Waals surface area contributed by atoms with E-state index < -0.39 is 0 Å². The minimum Gasteiger partial charge on any atom is -0.380 e. The minimum absolute atomic E-state index is 0.0665. The Morgan fingerprint density at radius 3 is 2.93 bits per heavy atom. The third-order valence-corrected chi connectivity index (χ3v) is 3.14. The van der Waals surface area contributed by atoms with Crippen molar-refractivity contribution in [2.45, 2.75) is 31.7 Å². The van der Waals surface area contributed by atoms with Gasteiger partial charge < -0.3 is 15.0 Å². The van der Waals surface area contributed by atoms with Crippen molar-refractivity contribution < 1.29 is 9.53 Å². The molecular weight excluding hydrogens is 192 g/mol. The van der Waals surface area contributed by atoms with Crippen molar-refractivity contribution >= 4 is 5.91 Å². The van der Waals surface area contributed by atoms with E-state index in [4.69, 9.17) is 4.74 Å². The van der Waals surface area contributed by atoms with Gasteiger partial charge in [-0.1, -0.05) is 6.42 Å². The SMILES string of the molecule is O=C([C@@H]1CCCCN1)N1CCCOCC1. The second-order valence-corrected chi connectivity index (χ2v) is 4.29. The van der Waals surface area contributed by atoms with Gasteiger partial charge in [0.25, 0.3) is 0 Å². The topological polar surface area (TPSA) is 41.6 Å². The number of carbonyl (C=O) groups is 1. The van der Waals surface area contributed by atoms with Crippen molar-refractivity contribution in [2.75, 3.05) is 32.8 Å². The van der Waals surface area contributed by atoms with Crippen molar-refractivity contribution in [3.63, 3.8) is 0 Å². The average molecular weight is 212 g/mol. The molecular formula is C11H20N2O2. The van der Waals surface area contributed by atoms with Gasteiger partial charge in [-0.2, -0.15) is 0 Å². The second kappa shape index (κ2) is 5.47. The van der Waals surface area contributed by atoms with E-state index in [9.17, 15) is 4.79 Å². The quantitative estimate of drug-likeness (QED) is 0.683. The molecule has 0 aromatic heterocycles. The lowest BCUT2D eigenvalue weighted by Crippen LogP contribution is -2.49. The zero-order valence-electron chi connectivity index (χ0n) is 9.21. The van der Waals surface area contributed by atoms with Gasteiger partial charge in [-0.25, -0.2) is 0 Å². The molecule has 0 aromatic rings. The number of nitrogens with one attached hydrogen (secondary N) is 1. The molecule has 2 fully saturated rings. The average Bonchev–Trinajstić information content (AvgIpc) is 2.58. The van der Waals surface area contributed by atoms with E-state index in [0.717, 1.165) is 39.1 Å². The summed E-state index contributed by atoms with van der Waals surface area (Å²) in [6.07, 6.45) is 4.34. The van der Waals surface area contributed by atoms with Crippen LogP contribution in [-0.4, -0.2) is 49.7 Å². The molecule has 2 heterocycles. The van der Waals surface area contributed by atoms with E-state index in [1.807, 2.05) is 4.90 Å². The van der Waals surface area contributed by atoms with Crippen molar-refractivity contribution in [2.24, 2.45) is 0 Å². The second-order valence-electron chi connectivity index (χ2n) is 4.29. The number of rotatable bonds is 1. The maximum Gasteiger partial charge on any atom is 0.239 e. The summed E-state index contributed by atoms with van der Waals surface area (Å²) in [6.45, 7) is 4.09. The summed E-state index contributed by atoms with van der Waals surface area (Å²) in [7, 11) is 0. The summed E-state index contributed by atoms with van der Waals surface area (Å²) in [4.78, 5) is 14.1. The smallest absolute Gasteiger partial charge is 0.239 e. The van der Waals surface area contributed by atoms with Crippen LogP contribution < -0.4 is 5.32 Å². The molecule has 4 heteroatoms. The first-order valence-electron chi connectivity index (χ1n) is 5.98. The number of nitrogens with zero attached hydrogens (tertiary/aromatic N) is 1. The number of hydrogen-bond donors (Lipinski definition) is 1. The Labute approximate surface area is 91.0 Å². The third-order valence-electron chi connectivity index (χ3n) is 3.14. The molecule has 86 valence electrons. The summed E-state index contributed by atoms with van der Waals surface area (Å²) in [6, 6.07) is 0.0665. The Balaban J connectivity index is 1.87. The molecule has 15 heavy (non-hydrogen) atoms. The fraction of sp³-hybridized carbons (Fsp3) is 0.909. The lowest BCUT2D eigenvalue weighted by Gasteiger charge is -2.28. The molecule has 4 nitrogen and oxygen atoms in total. The number of carbonyl (C=O) groups excluding carboxylic acids is 1. The minimum atomic E-state index is 0.0665. The summed E-state index contributed by atoms with van der Waals surface area (Å²) in [5.74, 6) is 0.278. The van der Waals surface area contributed by atoms with Crippen LogP contribution in [0.5, 0.6) is 0 Å². The fourth-order valence-electron chi connectivity index (χ4n) is 2.25. The molecule has 2 aliphatic heterocycles. The molecule has 1 amide bonds. The monoisotopic (exact) mass is 212 g/mol. The van der Waals surface area contributed by atoms with Crippen molar-refractivity contribution in [3.05, 3.63) is 0 Å². The first-order chi connectivity index (χ1) is 7.38. The zero-order valence-corrected chi connectivity index (χ0v) is 9.21. The van der Waals surface area contributed by atoms with E-state index >= 15 is 0 Å². The molecule has 1 N–H and O–H groups in total. The van der Waals surface area contributed by atoms with E-state index in [2.05, 4.69) is 5.32 Å². The highest BCUT2D eigenvalue weighted by molar-refractivity contribution is 5.82. The van der Waals surface area contributed by atoms with Crippen LogP contribution in [0.2, 0.25) is 0 Å². The summed E-state index contributed by atoms with van der Waals surface area (Å²) in [5.41, 5.74) is 0. The predicted molar refractivity (Wildman–Crippen MR) is 57.7 cm³/mol. The number of piperidine rings is 1. The van der Waals surface area contributed by atoms with Crippen molar-refractivity contribution in [3.8, 4) is 0 Å². The van der Waals surface area contributed by atoms with Gasteiger partial charge in [-0.15, -0.1) is 0 Å². The molecule has 2 aliphatic rings. The summed E-state index contributed by atoms with van der Waals surface area (Å²) < 4.78 is 5.35. The van der Waals surface area contributed by atoms with Gasteiger partial charge in [0.15, 0.2) is 0 Å². The summed E-state index contributed by atoms with van der Waals surface area (Å²) in [5, 5.41) is 3.30. The Morgan fingerprint density at radius 1 is 1.20 bits per heavy atom. The Bertz CT molecular complexity index is 207. The largest absolute Gasteiger partial charge is 0.380 e. The van der Waals surface area contributed by atoms with Gasteiger partial charge in [0, 0.05) is 19.7 Å². The van der Waals surface area contributed by atoms with Gasteiger partial charge in [-0.05, 0) is 25.8 Å². The molecule has 2 rings (SSSR count). The highest BCUT2D eigenvalue weighted by atomic mass is 16.5. The molecule has 0 bridgehead atoms. The lowest BCUT2D eigenvalue weighted by molar-refractivity contribution is -0.134. The highest BCUT2D eigenvalue weighted by Crippen LogP contribution is 2.11. The van der Waals surface area contributed by atoms with Gasteiger partial charge in [0.05, 0.1) is 12.6 Å². The van der Waals surface area contributed by atoms with Crippen LogP contribution in [0.3, 0.4) is 0 Å². The predicted octanol–water partition coefficient (Wildman–Crippen LogP) is 0.377. The zero-order chi connectivity index (χ0) is 10.5. The van der Waals surface area contributed by atoms with Crippen LogP contribution >= 0.6 is 0 Å². The first kappa shape index (κ1) is 10.9. The normalized spacial score (nSPS) is 28.5. The van der Waals surface area contributed by atoms with Crippen molar-refractivity contribution in [1.82, 2.24) is 10.2 Å². The van der Waals surface area contributed by atoms with Crippen LogP contribution in [0.4, 0.5) is 0 Å². The van der Waals surface area contributed by atoms with Crippen LogP contribution in [0, 0.1) is 0 Å². The Hall–Kier alpha value is -0.610. The van der Waals surface area contributed by atoms with E-state index in [-0.39, 0.29) is 11.9 Å². The number of ether oxygens (including phenoxy) is 1. The van der Waals surface area contributed by atoms with Gasteiger partial charge in [0.2, 0.25) is 5.91 Å².